The van der Waals surface area contributed by atoms with Gasteiger partial charge in [-0.15, -0.1) is 11.3 Å². The molecule has 2 heterocycles. The molecule has 0 aliphatic carbocycles. The van der Waals surface area contributed by atoms with E-state index in [4.69, 9.17) is 11.6 Å². The molecule has 3 nitrogen and oxygen atoms in total. The first kappa shape index (κ1) is 13.1. The average Bonchev–Trinajstić information content (AvgIpc) is 2.91. The van der Waals surface area contributed by atoms with E-state index in [9.17, 15) is 4.79 Å². The number of nitrogens with zero attached hydrogens (tertiary/aromatic N) is 2. The number of halogens is 1. The minimum Gasteiger partial charge on any atom is -0.310 e. The highest BCUT2D eigenvalue weighted by atomic mass is 35.5. The number of thiophene rings is 1. The molecule has 0 saturated heterocycles. The number of aromatic nitrogens is 1. The van der Waals surface area contributed by atoms with Crippen LogP contribution < -0.4 is 4.90 Å². The smallest absolute Gasteiger partial charge is 0.268 e. The van der Waals surface area contributed by atoms with Gasteiger partial charge in [0.2, 0.25) is 0 Å². The van der Waals surface area contributed by atoms with Gasteiger partial charge in [-0.2, -0.15) is 0 Å². The molecule has 0 aliphatic rings. The fraction of sp³-hybridized carbons (Fsp3) is 0.0667. The van der Waals surface area contributed by atoms with Gasteiger partial charge in [-0.1, -0.05) is 17.7 Å². The van der Waals surface area contributed by atoms with Crippen LogP contribution in [0.15, 0.2) is 48.7 Å². The average molecular weight is 303 g/mol. The zero-order chi connectivity index (χ0) is 14.1. The highest BCUT2D eigenvalue weighted by molar-refractivity contribution is 7.18. The predicted octanol–water partition coefficient (Wildman–Crippen LogP) is 4.23. The SMILES string of the molecule is CN(C(=O)c1ccc(Cl)s1)c1cccc2ncccc12. The number of benzene rings is 1. The van der Waals surface area contributed by atoms with Crippen LogP contribution in [-0.4, -0.2) is 17.9 Å². The number of anilines is 1. The predicted molar refractivity (Wildman–Crippen MR) is 83.8 cm³/mol. The molecular formula is C15H11ClN2OS. The van der Waals surface area contributed by atoms with Crippen molar-refractivity contribution in [3.05, 3.63) is 57.9 Å². The third-order valence-electron chi connectivity index (χ3n) is 3.07. The number of carbonyl (C=O) groups is 1. The Kier molecular flexibility index (Phi) is 3.42. The largest absolute Gasteiger partial charge is 0.310 e. The molecule has 3 rings (SSSR count). The summed E-state index contributed by atoms with van der Waals surface area (Å²) in [7, 11) is 1.76. The highest BCUT2D eigenvalue weighted by Crippen LogP contribution is 2.28. The maximum atomic E-state index is 12.5. The standard InChI is InChI=1S/C15H11ClN2OS/c1-18(15(19)13-7-8-14(16)20-13)12-6-2-5-11-10(12)4-3-9-17-11/h2-9H,1H3. The van der Waals surface area contributed by atoms with E-state index in [0.29, 0.717) is 9.21 Å². The summed E-state index contributed by atoms with van der Waals surface area (Å²) in [6.07, 6.45) is 1.74. The molecule has 0 unspecified atom stereocenters. The molecule has 20 heavy (non-hydrogen) atoms. The van der Waals surface area contributed by atoms with E-state index in [2.05, 4.69) is 4.98 Å². The highest BCUT2D eigenvalue weighted by Gasteiger charge is 2.17. The number of carbonyl (C=O) groups excluding carboxylic acids is 1. The first-order chi connectivity index (χ1) is 9.66. The fourth-order valence-electron chi connectivity index (χ4n) is 2.08. The topological polar surface area (TPSA) is 33.2 Å². The number of rotatable bonds is 2. The quantitative estimate of drug-likeness (QED) is 0.710. The van der Waals surface area contributed by atoms with Gasteiger partial charge in [0.05, 0.1) is 20.4 Å². The van der Waals surface area contributed by atoms with Crippen molar-refractivity contribution in [1.29, 1.82) is 0 Å². The second-order valence-electron chi connectivity index (χ2n) is 4.32. The van der Waals surface area contributed by atoms with E-state index < -0.39 is 0 Å². The Hall–Kier alpha value is -1.91. The van der Waals surface area contributed by atoms with Gasteiger partial charge in [0.15, 0.2) is 0 Å². The summed E-state index contributed by atoms with van der Waals surface area (Å²) < 4.78 is 0.612. The minimum atomic E-state index is -0.0711. The molecule has 0 spiro atoms. The third-order valence-corrected chi connectivity index (χ3v) is 4.29. The molecule has 0 radical (unpaired) electrons. The van der Waals surface area contributed by atoms with Crippen LogP contribution in [0.2, 0.25) is 4.34 Å². The summed E-state index contributed by atoms with van der Waals surface area (Å²) >= 11 is 7.17. The first-order valence-electron chi connectivity index (χ1n) is 6.04. The van der Waals surface area contributed by atoms with Crippen molar-refractivity contribution in [2.45, 2.75) is 0 Å². The number of hydrogen-bond donors (Lipinski definition) is 0. The van der Waals surface area contributed by atoms with Crippen molar-refractivity contribution in [1.82, 2.24) is 4.98 Å². The maximum absolute atomic E-state index is 12.5. The van der Waals surface area contributed by atoms with Crippen molar-refractivity contribution in [3.8, 4) is 0 Å². The van der Waals surface area contributed by atoms with Gasteiger partial charge >= 0.3 is 0 Å². The molecule has 0 bridgehead atoms. The van der Waals surface area contributed by atoms with Crippen molar-refractivity contribution < 1.29 is 4.79 Å². The van der Waals surface area contributed by atoms with E-state index >= 15 is 0 Å². The fourth-order valence-corrected chi connectivity index (χ4v) is 3.10. The Labute approximate surface area is 125 Å². The molecular weight excluding hydrogens is 292 g/mol. The molecule has 5 heteroatoms. The van der Waals surface area contributed by atoms with E-state index in [-0.39, 0.29) is 5.91 Å². The first-order valence-corrected chi connectivity index (χ1v) is 7.23. The maximum Gasteiger partial charge on any atom is 0.268 e. The van der Waals surface area contributed by atoms with Gasteiger partial charge in [0, 0.05) is 18.6 Å². The molecule has 1 amide bonds. The zero-order valence-corrected chi connectivity index (χ0v) is 12.3. The van der Waals surface area contributed by atoms with Crippen LogP contribution >= 0.6 is 22.9 Å². The number of pyridine rings is 1. The lowest BCUT2D eigenvalue weighted by Crippen LogP contribution is -2.25. The Morgan fingerprint density at radius 3 is 2.80 bits per heavy atom. The molecule has 0 aliphatic heterocycles. The van der Waals surface area contributed by atoms with Gasteiger partial charge in [0.25, 0.3) is 5.91 Å². The monoisotopic (exact) mass is 302 g/mol. The van der Waals surface area contributed by atoms with Gasteiger partial charge in [-0.25, -0.2) is 0 Å². The summed E-state index contributed by atoms with van der Waals surface area (Å²) in [6, 6.07) is 13.0. The lowest BCUT2D eigenvalue weighted by atomic mass is 10.1. The Bertz CT molecular complexity index is 779. The van der Waals surface area contributed by atoms with E-state index in [1.807, 2.05) is 30.3 Å². The minimum absolute atomic E-state index is 0.0711. The van der Waals surface area contributed by atoms with Crippen LogP contribution in [-0.2, 0) is 0 Å². The van der Waals surface area contributed by atoms with Crippen LogP contribution in [0, 0.1) is 0 Å². The lowest BCUT2D eigenvalue weighted by molar-refractivity contribution is 0.0997. The van der Waals surface area contributed by atoms with E-state index in [1.54, 1.807) is 30.3 Å². The van der Waals surface area contributed by atoms with E-state index in [0.717, 1.165) is 16.6 Å². The molecule has 0 atom stereocenters. The van der Waals surface area contributed by atoms with Crippen molar-refractivity contribution in [2.75, 3.05) is 11.9 Å². The summed E-state index contributed by atoms with van der Waals surface area (Å²) in [5.41, 5.74) is 1.71. The third kappa shape index (κ3) is 2.28. The Morgan fingerprint density at radius 2 is 2.05 bits per heavy atom. The molecule has 0 saturated carbocycles. The molecule has 0 fully saturated rings. The summed E-state index contributed by atoms with van der Waals surface area (Å²) in [5.74, 6) is -0.0711. The number of fused-ring (bicyclic) bond motifs is 1. The second kappa shape index (κ2) is 5.23. The molecule has 0 N–H and O–H groups in total. The lowest BCUT2D eigenvalue weighted by Gasteiger charge is -2.18. The van der Waals surface area contributed by atoms with Gasteiger partial charge in [0.1, 0.15) is 0 Å². The summed E-state index contributed by atoms with van der Waals surface area (Å²) in [6.45, 7) is 0. The molecule has 1 aromatic carbocycles. The van der Waals surface area contributed by atoms with Gasteiger partial charge in [-0.05, 0) is 36.4 Å². The van der Waals surface area contributed by atoms with Crippen LogP contribution in [0.4, 0.5) is 5.69 Å². The molecule has 3 aromatic rings. The molecule has 2 aromatic heterocycles. The summed E-state index contributed by atoms with van der Waals surface area (Å²) in [4.78, 5) is 19.0. The Morgan fingerprint density at radius 1 is 1.20 bits per heavy atom. The second-order valence-corrected chi connectivity index (χ2v) is 6.03. The number of amides is 1. The van der Waals surface area contributed by atoms with Gasteiger partial charge < -0.3 is 4.90 Å². The Balaban J connectivity index is 2.04. The molecule has 100 valence electrons. The van der Waals surface area contributed by atoms with Crippen LogP contribution in [0.3, 0.4) is 0 Å². The normalized spacial score (nSPS) is 10.7. The van der Waals surface area contributed by atoms with E-state index in [1.165, 1.54) is 11.3 Å². The van der Waals surface area contributed by atoms with Crippen LogP contribution in [0.25, 0.3) is 10.9 Å². The summed E-state index contributed by atoms with van der Waals surface area (Å²) in [5, 5.41) is 0.952. The van der Waals surface area contributed by atoms with Crippen molar-refractivity contribution >= 4 is 45.4 Å². The zero-order valence-electron chi connectivity index (χ0n) is 10.7. The van der Waals surface area contributed by atoms with Crippen molar-refractivity contribution in [3.63, 3.8) is 0 Å². The number of hydrogen-bond acceptors (Lipinski definition) is 3. The van der Waals surface area contributed by atoms with Gasteiger partial charge in [-0.3, -0.25) is 9.78 Å². The van der Waals surface area contributed by atoms with Crippen LogP contribution in [0.5, 0.6) is 0 Å². The van der Waals surface area contributed by atoms with Crippen molar-refractivity contribution in [2.24, 2.45) is 0 Å². The van der Waals surface area contributed by atoms with Crippen LogP contribution in [0.1, 0.15) is 9.67 Å².